The zero-order valence-corrected chi connectivity index (χ0v) is 16.1. The molecule has 3 fully saturated rings. The van der Waals surface area contributed by atoms with E-state index in [1.807, 2.05) is 0 Å². The second-order valence-corrected chi connectivity index (χ2v) is 9.47. The summed E-state index contributed by atoms with van der Waals surface area (Å²) < 4.78 is 0. The minimum absolute atomic E-state index is 0.0593. The molecule has 0 aromatic heterocycles. The lowest BCUT2D eigenvalue weighted by Gasteiger charge is -2.58. The standard InChI is InChI=1S/C21H33N3O2/c1-20-9-7-15-13(3-6-17-21(15,2)10-8-18(25)24-17)14(20)4-5-16(20)19(26)23-12-11-22/h8,10,13-17H,3-7,9,11-12,22H2,1-2H3,(H,23,26)(H,24,25)/t13-,14-,15-,16+,17+,20-,21+/m0/s1. The van der Waals surface area contributed by atoms with Crippen LogP contribution in [0.15, 0.2) is 12.2 Å². The molecule has 26 heavy (non-hydrogen) atoms. The van der Waals surface area contributed by atoms with Gasteiger partial charge in [-0.25, -0.2) is 0 Å². The molecule has 0 unspecified atom stereocenters. The van der Waals surface area contributed by atoms with E-state index in [9.17, 15) is 9.59 Å². The van der Waals surface area contributed by atoms with E-state index < -0.39 is 0 Å². The highest BCUT2D eigenvalue weighted by atomic mass is 16.2. The monoisotopic (exact) mass is 359 g/mol. The Morgan fingerprint density at radius 1 is 1.23 bits per heavy atom. The minimum atomic E-state index is 0.0593. The molecule has 4 N–H and O–H groups in total. The quantitative estimate of drug-likeness (QED) is 0.720. The van der Waals surface area contributed by atoms with Gasteiger partial charge in [-0.15, -0.1) is 0 Å². The van der Waals surface area contributed by atoms with E-state index in [4.69, 9.17) is 5.73 Å². The van der Waals surface area contributed by atoms with Crippen LogP contribution in [0, 0.1) is 34.5 Å². The summed E-state index contributed by atoms with van der Waals surface area (Å²) in [7, 11) is 0. The molecule has 0 radical (unpaired) electrons. The van der Waals surface area contributed by atoms with Crippen molar-refractivity contribution in [1.29, 1.82) is 0 Å². The molecule has 5 nitrogen and oxygen atoms in total. The molecule has 5 heteroatoms. The van der Waals surface area contributed by atoms with Gasteiger partial charge >= 0.3 is 0 Å². The summed E-state index contributed by atoms with van der Waals surface area (Å²) in [6.07, 6.45) is 10.6. The van der Waals surface area contributed by atoms with Gasteiger partial charge in [0.15, 0.2) is 0 Å². The smallest absolute Gasteiger partial charge is 0.243 e. The highest BCUT2D eigenvalue weighted by Gasteiger charge is 2.60. The van der Waals surface area contributed by atoms with E-state index in [-0.39, 0.29) is 34.6 Å². The Kier molecular flexibility index (Phi) is 4.41. The molecule has 0 saturated heterocycles. The van der Waals surface area contributed by atoms with E-state index in [1.54, 1.807) is 6.08 Å². The zero-order valence-electron chi connectivity index (χ0n) is 16.1. The van der Waals surface area contributed by atoms with Crippen molar-refractivity contribution in [3.63, 3.8) is 0 Å². The first-order chi connectivity index (χ1) is 12.4. The molecule has 144 valence electrons. The summed E-state index contributed by atoms with van der Waals surface area (Å²) in [6.45, 7) is 5.78. The summed E-state index contributed by atoms with van der Waals surface area (Å²) in [6, 6.07) is 0.274. The number of carbonyl (C=O) groups excluding carboxylic acids is 2. The van der Waals surface area contributed by atoms with Gasteiger partial charge in [-0.3, -0.25) is 9.59 Å². The number of rotatable bonds is 3. The van der Waals surface area contributed by atoms with Gasteiger partial charge in [-0.2, -0.15) is 0 Å². The minimum Gasteiger partial charge on any atom is -0.355 e. The van der Waals surface area contributed by atoms with Crippen LogP contribution in [0.1, 0.15) is 52.4 Å². The number of nitrogens with two attached hydrogens (primary N) is 1. The van der Waals surface area contributed by atoms with Crippen molar-refractivity contribution in [3.05, 3.63) is 12.2 Å². The van der Waals surface area contributed by atoms with Crippen molar-refractivity contribution >= 4 is 11.8 Å². The molecule has 0 aromatic rings. The predicted molar refractivity (Wildman–Crippen MR) is 101 cm³/mol. The third kappa shape index (κ3) is 2.54. The summed E-state index contributed by atoms with van der Waals surface area (Å²) in [4.78, 5) is 24.5. The maximum absolute atomic E-state index is 12.7. The summed E-state index contributed by atoms with van der Waals surface area (Å²) in [5.41, 5.74) is 5.75. The number of hydrogen-bond donors (Lipinski definition) is 3. The molecule has 4 rings (SSSR count). The van der Waals surface area contributed by atoms with Crippen molar-refractivity contribution in [2.75, 3.05) is 13.1 Å². The lowest BCUT2D eigenvalue weighted by Crippen LogP contribution is -2.59. The van der Waals surface area contributed by atoms with Gasteiger partial charge in [-0.05, 0) is 67.8 Å². The zero-order chi connectivity index (χ0) is 18.5. The van der Waals surface area contributed by atoms with Crippen molar-refractivity contribution < 1.29 is 9.59 Å². The van der Waals surface area contributed by atoms with Gasteiger partial charge in [-0.1, -0.05) is 19.9 Å². The Morgan fingerprint density at radius 2 is 2.04 bits per heavy atom. The number of hydrogen-bond acceptors (Lipinski definition) is 3. The molecular weight excluding hydrogens is 326 g/mol. The molecule has 1 heterocycles. The number of fused-ring (bicyclic) bond motifs is 5. The third-order valence-corrected chi connectivity index (χ3v) is 8.45. The van der Waals surface area contributed by atoms with Crippen LogP contribution in [0.2, 0.25) is 0 Å². The van der Waals surface area contributed by atoms with Crippen LogP contribution >= 0.6 is 0 Å². The normalized spacial score (nSPS) is 46.7. The fraction of sp³-hybridized carbons (Fsp3) is 0.810. The SMILES string of the molecule is C[C@]12C=CC(=O)N[C@@H]1CC[C@@H]1[C@@H]2CC[C@]2(C)[C@@H](C(=O)NCCN)CC[C@@H]12. The first kappa shape index (κ1) is 18.0. The first-order valence-corrected chi connectivity index (χ1v) is 10.4. The van der Waals surface area contributed by atoms with Crippen LogP contribution in [-0.4, -0.2) is 30.9 Å². The Hall–Kier alpha value is -1.36. The molecule has 4 aliphatic rings. The molecule has 2 amide bonds. The van der Waals surface area contributed by atoms with Crippen LogP contribution < -0.4 is 16.4 Å². The number of amides is 2. The van der Waals surface area contributed by atoms with Gasteiger partial charge in [0.25, 0.3) is 0 Å². The average Bonchev–Trinajstić information content (AvgIpc) is 2.97. The molecule has 0 aromatic carbocycles. The van der Waals surface area contributed by atoms with Gasteiger partial charge in [0, 0.05) is 30.5 Å². The van der Waals surface area contributed by atoms with Gasteiger partial charge in [0.2, 0.25) is 11.8 Å². The maximum atomic E-state index is 12.7. The molecule has 3 aliphatic carbocycles. The Balaban J connectivity index is 1.57. The van der Waals surface area contributed by atoms with E-state index in [1.165, 1.54) is 6.42 Å². The number of carbonyl (C=O) groups is 2. The average molecular weight is 360 g/mol. The second-order valence-electron chi connectivity index (χ2n) is 9.47. The molecular formula is C21H33N3O2. The Labute approximate surface area is 156 Å². The van der Waals surface area contributed by atoms with Crippen LogP contribution in [0.4, 0.5) is 0 Å². The summed E-state index contributed by atoms with van der Waals surface area (Å²) >= 11 is 0. The van der Waals surface area contributed by atoms with Gasteiger partial charge in [0.1, 0.15) is 0 Å². The van der Waals surface area contributed by atoms with Gasteiger partial charge < -0.3 is 16.4 Å². The molecule has 0 bridgehead atoms. The molecule has 1 aliphatic heterocycles. The topological polar surface area (TPSA) is 84.2 Å². The predicted octanol–water partition coefficient (Wildman–Crippen LogP) is 1.97. The largest absolute Gasteiger partial charge is 0.355 e. The van der Waals surface area contributed by atoms with Gasteiger partial charge in [0.05, 0.1) is 0 Å². The Morgan fingerprint density at radius 3 is 2.81 bits per heavy atom. The fourth-order valence-electron chi connectivity index (χ4n) is 7.08. The lowest BCUT2D eigenvalue weighted by molar-refractivity contribution is -0.134. The van der Waals surface area contributed by atoms with E-state index >= 15 is 0 Å². The van der Waals surface area contributed by atoms with Crippen LogP contribution in [0.25, 0.3) is 0 Å². The Bertz CT molecular complexity index is 633. The van der Waals surface area contributed by atoms with Crippen molar-refractivity contribution in [1.82, 2.24) is 10.6 Å². The molecule has 7 atom stereocenters. The first-order valence-electron chi connectivity index (χ1n) is 10.4. The lowest BCUT2D eigenvalue weighted by atomic mass is 9.48. The van der Waals surface area contributed by atoms with Crippen molar-refractivity contribution in [2.24, 2.45) is 40.2 Å². The highest BCUT2D eigenvalue weighted by Crippen LogP contribution is 2.64. The third-order valence-electron chi connectivity index (χ3n) is 8.45. The van der Waals surface area contributed by atoms with E-state index in [0.717, 1.165) is 32.1 Å². The molecule has 0 spiro atoms. The van der Waals surface area contributed by atoms with Crippen molar-refractivity contribution in [3.8, 4) is 0 Å². The van der Waals surface area contributed by atoms with E-state index in [2.05, 4.69) is 30.6 Å². The van der Waals surface area contributed by atoms with Crippen molar-refractivity contribution in [2.45, 2.75) is 58.4 Å². The fourth-order valence-corrected chi connectivity index (χ4v) is 7.08. The van der Waals surface area contributed by atoms with E-state index in [0.29, 0.717) is 30.8 Å². The summed E-state index contributed by atoms with van der Waals surface area (Å²) in [5, 5.41) is 6.25. The molecule has 3 saturated carbocycles. The second kappa shape index (κ2) is 6.36. The number of nitrogens with one attached hydrogen (secondary N) is 2. The summed E-state index contributed by atoms with van der Waals surface area (Å²) in [5.74, 6) is 2.31. The van der Waals surface area contributed by atoms with Crippen LogP contribution in [0.3, 0.4) is 0 Å². The van der Waals surface area contributed by atoms with Crippen LogP contribution in [-0.2, 0) is 9.59 Å². The highest BCUT2D eigenvalue weighted by molar-refractivity contribution is 5.89. The maximum Gasteiger partial charge on any atom is 0.243 e. The van der Waals surface area contributed by atoms with Crippen LogP contribution in [0.5, 0.6) is 0 Å².